The molecule has 1 amide bonds. The lowest BCUT2D eigenvalue weighted by Gasteiger charge is -2.09. The molecule has 2 aromatic heterocycles. The minimum Gasteiger partial charge on any atom is -0.495 e. The zero-order valence-corrected chi connectivity index (χ0v) is 14.0. The van der Waals surface area contributed by atoms with Gasteiger partial charge in [-0.15, -0.1) is 0 Å². The number of aromatic amines is 1. The number of rotatable bonds is 4. The molecule has 2 N–H and O–H groups in total. The second-order valence-electron chi connectivity index (χ2n) is 5.42. The first-order valence-corrected chi connectivity index (χ1v) is 7.57. The summed E-state index contributed by atoms with van der Waals surface area (Å²) in [5.74, 6) is 0.493. The van der Waals surface area contributed by atoms with Crippen LogP contribution >= 0.6 is 0 Å². The molecule has 3 rings (SSSR count). The van der Waals surface area contributed by atoms with Gasteiger partial charge < -0.3 is 10.1 Å². The number of anilines is 1. The number of methoxy groups -OCH3 is 1. The monoisotopic (exact) mass is 339 g/mol. The van der Waals surface area contributed by atoms with Crippen molar-refractivity contribution in [1.29, 1.82) is 0 Å². The third-order valence-electron chi connectivity index (χ3n) is 3.67. The van der Waals surface area contributed by atoms with Gasteiger partial charge in [0.25, 0.3) is 11.5 Å². The standard InChI is InChI=1S/C17H17N5O3/c1-10-8-15(23)21-17(19-10)22-11(2)12(9-18-22)16(24)20-13-6-4-5-7-14(13)25-3/h4-9H,1-3H3,(H,20,24)(H,19,21,23). The molecule has 0 saturated carbocycles. The molecule has 1 aromatic carbocycles. The number of nitrogens with one attached hydrogen (secondary N) is 2. The molecule has 0 spiro atoms. The SMILES string of the molecule is COc1ccccc1NC(=O)c1cnn(-c2nc(C)cc(=O)[nH]2)c1C. The van der Waals surface area contributed by atoms with E-state index in [4.69, 9.17) is 4.74 Å². The molecule has 0 aliphatic heterocycles. The number of para-hydroxylation sites is 2. The molecular formula is C17H17N5O3. The van der Waals surface area contributed by atoms with E-state index in [9.17, 15) is 9.59 Å². The fraction of sp³-hybridized carbons (Fsp3) is 0.176. The quantitative estimate of drug-likeness (QED) is 0.755. The van der Waals surface area contributed by atoms with Crippen LogP contribution in [0.2, 0.25) is 0 Å². The van der Waals surface area contributed by atoms with E-state index < -0.39 is 0 Å². The maximum absolute atomic E-state index is 12.6. The number of nitrogens with zero attached hydrogens (tertiary/aromatic N) is 3. The number of aryl methyl sites for hydroxylation is 1. The summed E-state index contributed by atoms with van der Waals surface area (Å²) in [5, 5.41) is 6.96. The van der Waals surface area contributed by atoms with Gasteiger partial charge in [0.15, 0.2) is 0 Å². The summed E-state index contributed by atoms with van der Waals surface area (Å²) in [4.78, 5) is 31.0. The van der Waals surface area contributed by atoms with E-state index in [0.717, 1.165) is 0 Å². The molecule has 0 aliphatic carbocycles. The van der Waals surface area contributed by atoms with Crippen LogP contribution in [0.5, 0.6) is 5.75 Å². The number of hydrogen-bond donors (Lipinski definition) is 2. The van der Waals surface area contributed by atoms with Gasteiger partial charge in [0.2, 0.25) is 5.95 Å². The Morgan fingerprint density at radius 1 is 1.28 bits per heavy atom. The predicted molar refractivity (Wildman–Crippen MR) is 92.4 cm³/mol. The highest BCUT2D eigenvalue weighted by Crippen LogP contribution is 2.24. The second kappa shape index (κ2) is 6.60. The van der Waals surface area contributed by atoms with Crippen molar-refractivity contribution in [2.45, 2.75) is 13.8 Å². The second-order valence-corrected chi connectivity index (χ2v) is 5.42. The molecule has 128 valence electrons. The van der Waals surface area contributed by atoms with Crippen LogP contribution < -0.4 is 15.6 Å². The number of carbonyl (C=O) groups excluding carboxylic acids is 1. The first kappa shape index (κ1) is 16.4. The minimum atomic E-state index is -0.330. The lowest BCUT2D eigenvalue weighted by atomic mass is 10.2. The number of amides is 1. The first-order valence-electron chi connectivity index (χ1n) is 7.57. The molecule has 0 unspecified atom stereocenters. The number of aromatic nitrogens is 4. The van der Waals surface area contributed by atoms with Gasteiger partial charge in [-0.05, 0) is 26.0 Å². The van der Waals surface area contributed by atoms with Gasteiger partial charge in [-0.1, -0.05) is 12.1 Å². The summed E-state index contributed by atoms with van der Waals surface area (Å²) in [6, 6.07) is 8.51. The van der Waals surface area contributed by atoms with E-state index in [2.05, 4.69) is 20.4 Å². The summed E-state index contributed by atoms with van der Waals surface area (Å²) in [5.41, 5.74) is 1.77. The predicted octanol–water partition coefficient (Wildman–Crippen LogP) is 1.83. The van der Waals surface area contributed by atoms with Crippen molar-refractivity contribution in [3.8, 4) is 11.7 Å². The maximum Gasteiger partial charge on any atom is 0.259 e. The molecule has 0 atom stereocenters. The number of hydrogen-bond acceptors (Lipinski definition) is 5. The van der Waals surface area contributed by atoms with Gasteiger partial charge in [0.05, 0.1) is 30.3 Å². The van der Waals surface area contributed by atoms with Gasteiger partial charge in [-0.3, -0.25) is 14.6 Å². The lowest BCUT2D eigenvalue weighted by molar-refractivity contribution is 0.102. The number of carbonyl (C=O) groups is 1. The van der Waals surface area contributed by atoms with Crippen molar-refractivity contribution in [2.24, 2.45) is 0 Å². The van der Waals surface area contributed by atoms with E-state index in [0.29, 0.717) is 28.4 Å². The normalized spacial score (nSPS) is 10.5. The van der Waals surface area contributed by atoms with Gasteiger partial charge in [-0.25, -0.2) is 9.67 Å². The van der Waals surface area contributed by atoms with Crippen LogP contribution in [0.3, 0.4) is 0 Å². The molecule has 0 aliphatic rings. The molecule has 0 bridgehead atoms. The highest BCUT2D eigenvalue weighted by molar-refractivity contribution is 6.05. The van der Waals surface area contributed by atoms with Crippen LogP contribution in [-0.2, 0) is 0 Å². The van der Waals surface area contributed by atoms with Crippen molar-refractivity contribution in [2.75, 3.05) is 12.4 Å². The zero-order valence-electron chi connectivity index (χ0n) is 14.0. The molecule has 3 aromatic rings. The Bertz CT molecular complexity index is 990. The van der Waals surface area contributed by atoms with Gasteiger partial charge in [-0.2, -0.15) is 5.10 Å². The highest BCUT2D eigenvalue weighted by atomic mass is 16.5. The Balaban J connectivity index is 1.93. The van der Waals surface area contributed by atoms with Gasteiger partial charge in [0.1, 0.15) is 5.75 Å². The van der Waals surface area contributed by atoms with Gasteiger partial charge in [0, 0.05) is 11.8 Å². The van der Waals surface area contributed by atoms with Crippen molar-refractivity contribution in [3.05, 3.63) is 63.8 Å². The maximum atomic E-state index is 12.6. The van der Waals surface area contributed by atoms with E-state index in [1.807, 2.05) is 6.07 Å². The summed E-state index contributed by atoms with van der Waals surface area (Å²) in [6.07, 6.45) is 1.43. The fourth-order valence-electron chi connectivity index (χ4n) is 2.45. The molecule has 8 nitrogen and oxygen atoms in total. The topological polar surface area (TPSA) is 102 Å². The molecule has 25 heavy (non-hydrogen) atoms. The molecular weight excluding hydrogens is 322 g/mol. The van der Waals surface area contributed by atoms with Crippen molar-refractivity contribution >= 4 is 11.6 Å². The summed E-state index contributed by atoms with van der Waals surface area (Å²) in [7, 11) is 1.54. The average molecular weight is 339 g/mol. The zero-order chi connectivity index (χ0) is 18.0. The molecule has 0 saturated heterocycles. The third-order valence-corrected chi connectivity index (χ3v) is 3.67. The largest absolute Gasteiger partial charge is 0.495 e. The Kier molecular flexibility index (Phi) is 4.34. The molecule has 0 radical (unpaired) electrons. The number of ether oxygens (including phenoxy) is 1. The smallest absolute Gasteiger partial charge is 0.259 e. The summed E-state index contributed by atoms with van der Waals surface area (Å²) >= 11 is 0. The van der Waals surface area contributed by atoms with Crippen LogP contribution in [0.1, 0.15) is 21.7 Å². The van der Waals surface area contributed by atoms with E-state index >= 15 is 0 Å². The average Bonchev–Trinajstić information content (AvgIpc) is 2.96. The van der Waals surface area contributed by atoms with Crippen molar-refractivity contribution in [3.63, 3.8) is 0 Å². The Morgan fingerprint density at radius 3 is 2.76 bits per heavy atom. The Labute approximate surface area is 143 Å². The molecule has 2 heterocycles. The van der Waals surface area contributed by atoms with Crippen molar-refractivity contribution < 1.29 is 9.53 Å². The summed E-state index contributed by atoms with van der Waals surface area (Å²) < 4.78 is 6.65. The minimum absolute atomic E-state index is 0.263. The third kappa shape index (κ3) is 3.27. The number of benzene rings is 1. The van der Waals surface area contributed by atoms with Crippen LogP contribution in [-0.4, -0.2) is 32.8 Å². The molecule has 0 fully saturated rings. The van der Waals surface area contributed by atoms with Crippen LogP contribution in [0.15, 0.2) is 41.3 Å². The Hall–Kier alpha value is -3.42. The fourth-order valence-corrected chi connectivity index (χ4v) is 2.45. The summed E-state index contributed by atoms with van der Waals surface area (Å²) in [6.45, 7) is 3.44. The molecule has 8 heteroatoms. The lowest BCUT2D eigenvalue weighted by Crippen LogP contribution is -2.16. The number of H-pyrrole nitrogens is 1. The van der Waals surface area contributed by atoms with Gasteiger partial charge >= 0.3 is 0 Å². The van der Waals surface area contributed by atoms with E-state index in [1.165, 1.54) is 24.1 Å². The van der Waals surface area contributed by atoms with Crippen molar-refractivity contribution in [1.82, 2.24) is 19.7 Å². The van der Waals surface area contributed by atoms with Crippen LogP contribution in [0, 0.1) is 13.8 Å². The first-order chi connectivity index (χ1) is 12.0. The van der Waals surface area contributed by atoms with E-state index in [1.54, 1.807) is 32.0 Å². The van der Waals surface area contributed by atoms with Crippen LogP contribution in [0.25, 0.3) is 5.95 Å². The van der Waals surface area contributed by atoms with Crippen LogP contribution in [0.4, 0.5) is 5.69 Å². The highest BCUT2D eigenvalue weighted by Gasteiger charge is 2.17. The van der Waals surface area contributed by atoms with E-state index in [-0.39, 0.29) is 17.4 Å². The Morgan fingerprint density at radius 2 is 2.04 bits per heavy atom.